The van der Waals surface area contributed by atoms with Crippen molar-refractivity contribution in [3.8, 4) is 0 Å². The Labute approximate surface area is 188 Å². The maximum atomic E-state index is 4.95. The number of benzene rings is 1. The van der Waals surface area contributed by atoms with Crippen LogP contribution < -0.4 is 5.32 Å². The van der Waals surface area contributed by atoms with Crippen LogP contribution >= 0.6 is 0 Å². The van der Waals surface area contributed by atoms with Crippen LogP contribution in [0, 0.1) is 18.8 Å². The summed E-state index contributed by atoms with van der Waals surface area (Å²) >= 11 is 0. The third kappa shape index (κ3) is 4.49. The van der Waals surface area contributed by atoms with Gasteiger partial charge in [0.1, 0.15) is 5.82 Å². The van der Waals surface area contributed by atoms with Crippen LogP contribution in [0.1, 0.15) is 92.4 Å². The summed E-state index contributed by atoms with van der Waals surface area (Å²) < 4.78 is 0. The first kappa shape index (κ1) is 21.9. The molecular formula is C29H38N2. The fourth-order valence-corrected chi connectivity index (χ4v) is 6.34. The van der Waals surface area contributed by atoms with Crippen molar-refractivity contribution in [2.75, 3.05) is 5.32 Å². The van der Waals surface area contributed by atoms with E-state index in [1.807, 2.05) is 0 Å². The van der Waals surface area contributed by atoms with Gasteiger partial charge in [0.2, 0.25) is 0 Å². The Morgan fingerprint density at radius 2 is 1.84 bits per heavy atom. The number of aromatic nitrogens is 1. The lowest BCUT2D eigenvalue weighted by Gasteiger charge is -2.28. The van der Waals surface area contributed by atoms with Crippen molar-refractivity contribution in [2.45, 2.75) is 77.0 Å². The molecule has 1 aromatic carbocycles. The Morgan fingerprint density at radius 1 is 1.06 bits per heavy atom. The number of rotatable bonds is 5. The monoisotopic (exact) mass is 414 g/mol. The van der Waals surface area contributed by atoms with Gasteiger partial charge in [0, 0.05) is 17.4 Å². The van der Waals surface area contributed by atoms with Gasteiger partial charge in [-0.3, -0.25) is 0 Å². The van der Waals surface area contributed by atoms with E-state index in [2.05, 4.69) is 69.4 Å². The fraction of sp³-hybridized carbons (Fsp3) is 0.483. The Balaban J connectivity index is 0.00000112. The summed E-state index contributed by atoms with van der Waals surface area (Å²) in [5.74, 6) is 4.17. The molecule has 2 heteroatoms. The lowest BCUT2D eigenvalue weighted by Crippen LogP contribution is -2.14. The molecule has 4 atom stereocenters. The minimum atomic E-state index is 0.678. The van der Waals surface area contributed by atoms with Gasteiger partial charge in [-0.25, -0.2) is 4.98 Å². The van der Waals surface area contributed by atoms with Crippen molar-refractivity contribution in [1.82, 2.24) is 4.98 Å². The van der Waals surface area contributed by atoms with Gasteiger partial charge in [0.15, 0.2) is 0 Å². The summed E-state index contributed by atoms with van der Waals surface area (Å²) in [6, 6.07) is 8.61. The van der Waals surface area contributed by atoms with Crippen LogP contribution in [0.3, 0.4) is 0 Å². The van der Waals surface area contributed by atoms with Gasteiger partial charge in [0.25, 0.3) is 0 Å². The van der Waals surface area contributed by atoms with Gasteiger partial charge in [-0.15, -0.1) is 13.2 Å². The number of anilines is 2. The molecule has 1 heterocycles. The Bertz CT molecular complexity index is 944. The zero-order valence-electron chi connectivity index (χ0n) is 19.4. The molecule has 2 saturated carbocycles. The van der Waals surface area contributed by atoms with Crippen LogP contribution in [0.15, 0.2) is 50.2 Å². The number of allylic oxidation sites excluding steroid dienone is 1. The van der Waals surface area contributed by atoms with Gasteiger partial charge in [-0.1, -0.05) is 44.9 Å². The van der Waals surface area contributed by atoms with Crippen molar-refractivity contribution in [1.29, 1.82) is 0 Å². The second-order valence-electron chi connectivity index (χ2n) is 9.99. The minimum absolute atomic E-state index is 0.678. The SMILES string of the molecule is C=C.C=C(CC1CCCC(C)C1)c1cnc(Nc2cccc(C)c2)c2c1C1CCC2C1. The number of fused-ring (bicyclic) bond motifs is 5. The standard InChI is InChI=1S/C27H34N2.C2H4/c1-17-6-4-8-20(12-17)14-19(3)24-16-28-27(29-23-9-5-7-18(2)13-23)26-22-11-10-21(15-22)25(24)26;1-2/h5,7,9,13,16-17,20-22H,3-4,6,8,10-12,14-15H2,1-2H3,(H,28,29);1-2H2. The highest BCUT2D eigenvalue weighted by atomic mass is 15.0. The maximum Gasteiger partial charge on any atom is 0.134 e. The summed E-state index contributed by atoms with van der Waals surface area (Å²) in [4.78, 5) is 4.95. The van der Waals surface area contributed by atoms with Gasteiger partial charge >= 0.3 is 0 Å². The summed E-state index contributed by atoms with van der Waals surface area (Å²) in [7, 11) is 0. The van der Waals surface area contributed by atoms with E-state index in [1.54, 1.807) is 5.56 Å². The molecule has 2 aromatic rings. The van der Waals surface area contributed by atoms with E-state index in [4.69, 9.17) is 4.98 Å². The zero-order valence-corrected chi connectivity index (χ0v) is 19.4. The summed E-state index contributed by atoms with van der Waals surface area (Å²) in [5.41, 5.74) is 8.21. The molecule has 164 valence electrons. The van der Waals surface area contributed by atoms with Crippen LogP contribution in [0.2, 0.25) is 0 Å². The predicted octanol–water partition coefficient (Wildman–Crippen LogP) is 8.53. The highest BCUT2D eigenvalue weighted by Crippen LogP contribution is 2.57. The molecule has 0 amide bonds. The molecule has 2 fully saturated rings. The third-order valence-electron chi connectivity index (χ3n) is 7.65. The number of aryl methyl sites for hydroxylation is 1. The van der Waals surface area contributed by atoms with Crippen LogP contribution in [-0.2, 0) is 0 Å². The van der Waals surface area contributed by atoms with Gasteiger partial charge in [-0.2, -0.15) is 0 Å². The number of nitrogens with zero attached hydrogens (tertiary/aromatic N) is 1. The first-order valence-corrected chi connectivity index (χ1v) is 12.1. The number of pyridine rings is 1. The summed E-state index contributed by atoms with van der Waals surface area (Å²) in [6.07, 6.45) is 12.8. The van der Waals surface area contributed by atoms with Crippen LogP contribution in [0.4, 0.5) is 11.5 Å². The third-order valence-corrected chi connectivity index (χ3v) is 7.65. The Hall–Kier alpha value is -2.35. The smallest absolute Gasteiger partial charge is 0.134 e. The van der Waals surface area contributed by atoms with E-state index >= 15 is 0 Å². The predicted molar refractivity (Wildman–Crippen MR) is 134 cm³/mol. The molecule has 3 aliphatic carbocycles. The Morgan fingerprint density at radius 3 is 2.58 bits per heavy atom. The Kier molecular flexibility index (Phi) is 6.65. The molecule has 31 heavy (non-hydrogen) atoms. The lowest BCUT2D eigenvalue weighted by molar-refractivity contribution is 0.287. The number of hydrogen-bond acceptors (Lipinski definition) is 2. The number of nitrogens with one attached hydrogen (secondary N) is 1. The van der Waals surface area contributed by atoms with Crippen molar-refractivity contribution in [3.05, 3.63) is 72.5 Å². The second kappa shape index (κ2) is 9.42. The van der Waals surface area contributed by atoms with E-state index in [0.717, 1.165) is 29.8 Å². The average molecular weight is 415 g/mol. The molecule has 3 aliphatic rings. The summed E-state index contributed by atoms with van der Waals surface area (Å²) in [6.45, 7) is 15.1. The molecule has 0 saturated heterocycles. The fourth-order valence-electron chi connectivity index (χ4n) is 6.34. The quantitative estimate of drug-likeness (QED) is 0.496. The normalized spacial score (nSPS) is 26.0. The van der Waals surface area contributed by atoms with Gasteiger partial charge in [0.05, 0.1) is 0 Å². The molecule has 2 nitrogen and oxygen atoms in total. The van der Waals surface area contributed by atoms with E-state index in [0.29, 0.717) is 11.8 Å². The van der Waals surface area contributed by atoms with Gasteiger partial charge in [-0.05, 0) is 97.1 Å². The van der Waals surface area contributed by atoms with E-state index in [1.165, 1.54) is 67.2 Å². The largest absolute Gasteiger partial charge is 0.340 e. The van der Waals surface area contributed by atoms with Crippen molar-refractivity contribution >= 4 is 17.1 Å². The molecular weight excluding hydrogens is 376 g/mol. The molecule has 5 rings (SSSR count). The topological polar surface area (TPSA) is 24.9 Å². The highest BCUT2D eigenvalue weighted by molar-refractivity contribution is 5.74. The van der Waals surface area contributed by atoms with Crippen LogP contribution in [-0.4, -0.2) is 4.98 Å². The average Bonchev–Trinajstić information content (AvgIpc) is 3.38. The van der Waals surface area contributed by atoms with E-state index < -0.39 is 0 Å². The molecule has 0 radical (unpaired) electrons. The van der Waals surface area contributed by atoms with Gasteiger partial charge < -0.3 is 5.32 Å². The molecule has 1 N–H and O–H groups in total. The highest BCUT2D eigenvalue weighted by Gasteiger charge is 2.41. The first-order chi connectivity index (χ1) is 15.1. The molecule has 2 bridgehead atoms. The van der Waals surface area contributed by atoms with Crippen LogP contribution in [0.25, 0.3) is 5.57 Å². The van der Waals surface area contributed by atoms with E-state index in [-0.39, 0.29) is 0 Å². The maximum absolute atomic E-state index is 4.95. The lowest BCUT2D eigenvalue weighted by atomic mass is 9.77. The first-order valence-electron chi connectivity index (χ1n) is 12.1. The second-order valence-corrected chi connectivity index (χ2v) is 9.99. The number of hydrogen-bond donors (Lipinski definition) is 1. The van der Waals surface area contributed by atoms with Crippen LogP contribution in [0.5, 0.6) is 0 Å². The van der Waals surface area contributed by atoms with Crippen molar-refractivity contribution in [3.63, 3.8) is 0 Å². The molecule has 1 aromatic heterocycles. The molecule has 4 unspecified atom stereocenters. The zero-order chi connectivity index (χ0) is 22.0. The molecule has 0 aliphatic heterocycles. The minimum Gasteiger partial charge on any atom is -0.340 e. The summed E-state index contributed by atoms with van der Waals surface area (Å²) in [5, 5.41) is 3.64. The molecule has 0 spiro atoms. The van der Waals surface area contributed by atoms with Crippen molar-refractivity contribution in [2.24, 2.45) is 11.8 Å². The van der Waals surface area contributed by atoms with E-state index in [9.17, 15) is 0 Å². The van der Waals surface area contributed by atoms with Crippen molar-refractivity contribution < 1.29 is 0 Å².